The maximum atomic E-state index is 11.9. The van der Waals surface area contributed by atoms with Crippen LogP contribution in [0.5, 0.6) is 5.75 Å². The van der Waals surface area contributed by atoms with Crippen molar-refractivity contribution in [2.45, 2.75) is 13.3 Å². The van der Waals surface area contributed by atoms with E-state index < -0.39 is 5.91 Å². The van der Waals surface area contributed by atoms with Gasteiger partial charge in [0.2, 0.25) is 5.95 Å². The lowest BCUT2D eigenvalue weighted by Crippen LogP contribution is -2.17. The molecule has 0 atom stereocenters. The molecule has 5 rings (SSSR count). The van der Waals surface area contributed by atoms with Gasteiger partial charge in [-0.15, -0.1) is 0 Å². The van der Waals surface area contributed by atoms with E-state index in [-0.39, 0.29) is 5.69 Å². The van der Waals surface area contributed by atoms with Crippen molar-refractivity contribution in [1.82, 2.24) is 24.5 Å². The quantitative estimate of drug-likeness (QED) is 0.272. The Hall–Kier alpha value is -4.60. The van der Waals surface area contributed by atoms with E-state index in [1.54, 1.807) is 7.11 Å². The van der Waals surface area contributed by atoms with Gasteiger partial charge in [-0.2, -0.15) is 4.98 Å². The molecule has 0 saturated carbocycles. The van der Waals surface area contributed by atoms with Gasteiger partial charge in [-0.1, -0.05) is 0 Å². The van der Waals surface area contributed by atoms with E-state index >= 15 is 0 Å². The number of carbonyl (C=O) groups is 1. The van der Waals surface area contributed by atoms with Crippen LogP contribution in [0.2, 0.25) is 0 Å². The normalized spacial score (nSPS) is 11.2. The molecular weight excluding hydrogens is 444 g/mol. The number of imidazole rings is 1. The van der Waals surface area contributed by atoms with Crippen molar-refractivity contribution in [1.29, 1.82) is 0 Å². The molecule has 0 bridgehead atoms. The molecule has 10 heteroatoms. The molecule has 2 aromatic carbocycles. The molecular formula is C25H26N8O2. The molecule has 178 valence electrons. The first kappa shape index (κ1) is 22.2. The van der Waals surface area contributed by atoms with Crippen LogP contribution in [0.25, 0.3) is 21.9 Å². The van der Waals surface area contributed by atoms with Crippen LogP contribution < -0.4 is 21.1 Å². The van der Waals surface area contributed by atoms with E-state index in [9.17, 15) is 4.79 Å². The maximum Gasteiger partial charge on any atom is 0.267 e. The number of benzene rings is 2. The average Bonchev–Trinajstić information content (AvgIpc) is 3.38. The van der Waals surface area contributed by atoms with Crippen LogP contribution in [0.1, 0.15) is 21.9 Å². The van der Waals surface area contributed by atoms with Gasteiger partial charge in [0.1, 0.15) is 23.1 Å². The molecule has 0 saturated heterocycles. The highest BCUT2D eigenvalue weighted by molar-refractivity contribution is 5.92. The van der Waals surface area contributed by atoms with Crippen molar-refractivity contribution in [2.75, 3.05) is 24.3 Å². The summed E-state index contributed by atoms with van der Waals surface area (Å²) in [5.41, 5.74) is 10.5. The Labute approximate surface area is 201 Å². The van der Waals surface area contributed by atoms with E-state index in [0.29, 0.717) is 18.3 Å². The topological polar surface area (TPSA) is 136 Å². The molecule has 5 aromatic rings. The smallest absolute Gasteiger partial charge is 0.267 e. The molecule has 3 heterocycles. The highest BCUT2D eigenvalue weighted by Gasteiger charge is 2.12. The van der Waals surface area contributed by atoms with Gasteiger partial charge in [-0.25, -0.2) is 9.97 Å². The Morgan fingerprint density at radius 1 is 1.14 bits per heavy atom. The zero-order chi connectivity index (χ0) is 24.5. The Kier molecular flexibility index (Phi) is 5.69. The number of nitrogens with two attached hydrogens (primary N) is 1. The van der Waals surface area contributed by atoms with Crippen molar-refractivity contribution in [3.05, 3.63) is 65.7 Å². The standard InChI is InChI=1S/C25H26N8O2/c1-14-29-20-10-16(4-7-22(20)33(14)2)30-23-12-21(24(26)34)31-25(32-23)27-9-8-15-13-28-19-6-5-17(35-3)11-18(15)19/h4-7,10-13,28H,8-9H2,1-3H3,(H2,26,34)(H2,27,30,31,32). The van der Waals surface area contributed by atoms with Crippen LogP contribution in [0.3, 0.4) is 0 Å². The number of nitrogens with zero attached hydrogens (tertiary/aromatic N) is 4. The van der Waals surface area contributed by atoms with Gasteiger partial charge in [-0.3, -0.25) is 4.79 Å². The number of aryl methyl sites for hydroxylation is 2. The second kappa shape index (κ2) is 8.98. The van der Waals surface area contributed by atoms with Crippen LogP contribution in [-0.2, 0) is 13.5 Å². The SMILES string of the molecule is COc1ccc2[nH]cc(CCNc3nc(Nc4ccc5c(c4)nc(C)n5C)cc(C(N)=O)n3)c2c1. The van der Waals surface area contributed by atoms with Crippen LogP contribution in [-0.4, -0.2) is 44.1 Å². The number of aromatic amines is 1. The number of aromatic nitrogens is 5. The molecule has 0 aliphatic rings. The highest BCUT2D eigenvalue weighted by atomic mass is 16.5. The van der Waals surface area contributed by atoms with Crippen LogP contribution in [0.4, 0.5) is 17.5 Å². The Morgan fingerprint density at radius 3 is 2.80 bits per heavy atom. The number of hydrogen-bond donors (Lipinski definition) is 4. The van der Waals surface area contributed by atoms with E-state index in [0.717, 1.165) is 51.2 Å². The number of anilines is 3. The minimum absolute atomic E-state index is 0.122. The van der Waals surface area contributed by atoms with Crippen LogP contribution >= 0.6 is 0 Å². The molecule has 0 spiro atoms. The summed E-state index contributed by atoms with van der Waals surface area (Å²) in [7, 11) is 3.63. The number of primary amides is 1. The van der Waals surface area contributed by atoms with Gasteiger partial charge in [0.05, 0.1) is 18.1 Å². The molecule has 10 nitrogen and oxygen atoms in total. The van der Waals surface area contributed by atoms with Crippen LogP contribution in [0.15, 0.2) is 48.7 Å². The number of methoxy groups -OCH3 is 1. The zero-order valence-electron chi connectivity index (χ0n) is 19.7. The molecule has 0 fully saturated rings. The summed E-state index contributed by atoms with van der Waals surface area (Å²) in [4.78, 5) is 28.5. The first-order chi connectivity index (χ1) is 16.9. The van der Waals surface area contributed by atoms with Gasteiger partial charge < -0.3 is 30.7 Å². The zero-order valence-corrected chi connectivity index (χ0v) is 19.7. The summed E-state index contributed by atoms with van der Waals surface area (Å²) in [6, 6.07) is 13.3. The van der Waals surface area contributed by atoms with Crippen LogP contribution in [0, 0.1) is 6.92 Å². The van der Waals surface area contributed by atoms with E-state index in [1.165, 1.54) is 6.07 Å². The van der Waals surface area contributed by atoms with Crippen molar-refractivity contribution >= 4 is 45.3 Å². The number of amides is 1. The number of carbonyl (C=O) groups excluding carboxylic acids is 1. The lowest BCUT2D eigenvalue weighted by molar-refractivity contribution is 0.0995. The summed E-state index contributed by atoms with van der Waals surface area (Å²) < 4.78 is 7.37. The Morgan fingerprint density at radius 2 is 2.00 bits per heavy atom. The molecule has 1 amide bonds. The predicted molar refractivity (Wildman–Crippen MR) is 136 cm³/mol. The maximum absolute atomic E-state index is 11.9. The first-order valence-corrected chi connectivity index (χ1v) is 11.2. The van der Waals surface area contributed by atoms with Gasteiger partial charge >= 0.3 is 0 Å². The van der Waals surface area contributed by atoms with Gasteiger partial charge in [0.15, 0.2) is 0 Å². The van der Waals surface area contributed by atoms with E-state index in [2.05, 4.69) is 30.6 Å². The predicted octanol–water partition coefficient (Wildman–Crippen LogP) is 3.66. The molecule has 5 N–H and O–H groups in total. The third-order valence-electron chi connectivity index (χ3n) is 6.01. The number of hydrogen-bond acceptors (Lipinski definition) is 7. The third kappa shape index (κ3) is 4.45. The first-order valence-electron chi connectivity index (χ1n) is 11.2. The molecule has 35 heavy (non-hydrogen) atoms. The van der Waals surface area contributed by atoms with E-state index in [1.807, 2.05) is 61.1 Å². The Bertz CT molecular complexity index is 1550. The second-order valence-electron chi connectivity index (χ2n) is 8.28. The largest absolute Gasteiger partial charge is 0.497 e. The monoisotopic (exact) mass is 470 g/mol. The Balaban J connectivity index is 1.34. The summed E-state index contributed by atoms with van der Waals surface area (Å²) in [6.07, 6.45) is 2.70. The second-order valence-corrected chi connectivity index (χ2v) is 8.28. The molecule has 0 unspecified atom stereocenters. The van der Waals surface area contributed by atoms with Gasteiger partial charge in [0.25, 0.3) is 5.91 Å². The average molecular weight is 471 g/mol. The van der Waals surface area contributed by atoms with E-state index in [4.69, 9.17) is 10.5 Å². The summed E-state index contributed by atoms with van der Waals surface area (Å²) in [5, 5.41) is 7.54. The highest BCUT2D eigenvalue weighted by Crippen LogP contribution is 2.25. The number of H-pyrrole nitrogens is 1. The summed E-state index contributed by atoms with van der Waals surface area (Å²) >= 11 is 0. The van der Waals surface area contributed by atoms with Gasteiger partial charge in [-0.05, 0) is 55.3 Å². The lowest BCUT2D eigenvalue weighted by Gasteiger charge is -2.10. The number of rotatable bonds is 8. The number of ether oxygens (including phenoxy) is 1. The molecule has 0 aliphatic heterocycles. The fourth-order valence-corrected chi connectivity index (χ4v) is 4.06. The van der Waals surface area contributed by atoms with Crippen molar-refractivity contribution in [3.8, 4) is 5.75 Å². The minimum Gasteiger partial charge on any atom is -0.497 e. The van der Waals surface area contributed by atoms with Crippen molar-refractivity contribution in [2.24, 2.45) is 12.8 Å². The summed E-state index contributed by atoms with van der Waals surface area (Å²) in [6.45, 7) is 2.52. The lowest BCUT2D eigenvalue weighted by atomic mass is 10.1. The molecule has 0 aliphatic carbocycles. The fraction of sp³-hybridized carbons (Fsp3) is 0.200. The van der Waals surface area contributed by atoms with Crippen molar-refractivity contribution in [3.63, 3.8) is 0 Å². The molecule has 0 radical (unpaired) electrons. The minimum atomic E-state index is -0.627. The summed E-state index contributed by atoms with van der Waals surface area (Å²) in [5.74, 6) is 1.88. The molecule has 3 aromatic heterocycles. The van der Waals surface area contributed by atoms with Gasteiger partial charge in [0, 0.05) is 42.4 Å². The number of fused-ring (bicyclic) bond motifs is 2. The third-order valence-corrected chi connectivity index (χ3v) is 6.01. The number of nitrogens with one attached hydrogen (secondary N) is 3. The van der Waals surface area contributed by atoms with Crippen molar-refractivity contribution < 1.29 is 9.53 Å². The fourth-order valence-electron chi connectivity index (χ4n) is 4.06.